The number of hydroxylamine groups is 2. The highest BCUT2D eigenvalue weighted by Crippen LogP contribution is 2.34. The van der Waals surface area contributed by atoms with Crippen LogP contribution in [0.25, 0.3) is 0 Å². The van der Waals surface area contributed by atoms with Gasteiger partial charge in [0.2, 0.25) is 0 Å². The zero-order chi connectivity index (χ0) is 9.57. The van der Waals surface area contributed by atoms with Crippen LogP contribution in [0, 0.1) is 0 Å². The van der Waals surface area contributed by atoms with Gasteiger partial charge in [-0.25, -0.2) is 0 Å². The van der Waals surface area contributed by atoms with Crippen LogP contribution in [0.3, 0.4) is 0 Å². The lowest BCUT2D eigenvalue weighted by atomic mass is 9.81. The number of carbonyl (C=O) groups is 1. The normalized spacial score (nSPS) is 28.9. The Hall–Kier alpha value is -0.410. The Labute approximate surface area is 73.3 Å². The van der Waals surface area contributed by atoms with E-state index in [0.717, 1.165) is 0 Å². The molecule has 0 aromatic rings. The number of hydrogen-bond donors (Lipinski definition) is 1. The lowest BCUT2D eigenvalue weighted by Gasteiger charge is -2.47. The van der Waals surface area contributed by atoms with E-state index in [1.807, 2.05) is 27.7 Å². The highest BCUT2D eigenvalue weighted by atomic mass is 16.5. The molecule has 0 radical (unpaired) electrons. The van der Waals surface area contributed by atoms with Crippen LogP contribution in [0.2, 0.25) is 0 Å². The van der Waals surface area contributed by atoms with Gasteiger partial charge in [-0.3, -0.25) is 4.79 Å². The molecular formula is C9H17NO2. The molecule has 0 atom stereocenters. The molecule has 0 bridgehead atoms. The Balaban J connectivity index is 2.91. The van der Waals surface area contributed by atoms with Gasteiger partial charge in [0.05, 0.1) is 0 Å². The average molecular weight is 171 g/mol. The van der Waals surface area contributed by atoms with Crippen molar-refractivity contribution in [3.63, 3.8) is 0 Å². The van der Waals surface area contributed by atoms with E-state index in [2.05, 4.69) is 0 Å². The summed E-state index contributed by atoms with van der Waals surface area (Å²) in [4.78, 5) is 11.3. The van der Waals surface area contributed by atoms with Crippen molar-refractivity contribution >= 4 is 5.78 Å². The van der Waals surface area contributed by atoms with Crippen molar-refractivity contribution in [2.45, 2.75) is 51.6 Å². The van der Waals surface area contributed by atoms with Gasteiger partial charge >= 0.3 is 0 Å². The molecule has 1 aliphatic heterocycles. The van der Waals surface area contributed by atoms with Crippen LogP contribution < -0.4 is 0 Å². The smallest absolute Gasteiger partial charge is 0.136 e. The number of Topliss-reactive ketones (excluding diaryl/α,β-unsaturated/α-hetero) is 1. The number of ketones is 1. The molecule has 3 heteroatoms. The maximum atomic E-state index is 11.3. The monoisotopic (exact) mass is 171 g/mol. The van der Waals surface area contributed by atoms with E-state index < -0.39 is 11.1 Å². The molecule has 1 aliphatic rings. The summed E-state index contributed by atoms with van der Waals surface area (Å²) in [5.41, 5.74) is -0.836. The summed E-state index contributed by atoms with van der Waals surface area (Å²) < 4.78 is 0. The highest BCUT2D eigenvalue weighted by molar-refractivity contribution is 5.81. The van der Waals surface area contributed by atoms with Gasteiger partial charge in [-0.2, -0.15) is 5.06 Å². The highest BCUT2D eigenvalue weighted by Gasteiger charge is 2.44. The zero-order valence-corrected chi connectivity index (χ0v) is 8.22. The molecule has 70 valence electrons. The molecule has 0 aromatic heterocycles. The molecule has 1 fully saturated rings. The minimum atomic E-state index is -0.418. The molecule has 1 heterocycles. The average Bonchev–Trinajstić information content (AvgIpc) is 1.80. The Morgan fingerprint density at radius 3 is 1.83 bits per heavy atom. The molecule has 0 aliphatic carbocycles. The second-order valence-corrected chi connectivity index (χ2v) is 4.83. The Kier molecular flexibility index (Phi) is 2.05. The van der Waals surface area contributed by atoms with Crippen LogP contribution in [-0.2, 0) is 4.79 Å². The quantitative estimate of drug-likeness (QED) is 0.601. The van der Waals surface area contributed by atoms with Crippen LogP contribution in [0.1, 0.15) is 40.5 Å². The van der Waals surface area contributed by atoms with Crippen molar-refractivity contribution in [3.05, 3.63) is 0 Å². The summed E-state index contributed by atoms with van der Waals surface area (Å²) >= 11 is 0. The third-order valence-corrected chi connectivity index (χ3v) is 2.41. The Bertz CT molecular complexity index is 189. The van der Waals surface area contributed by atoms with Crippen LogP contribution in [0.15, 0.2) is 0 Å². The SMILES string of the molecule is CC1(C)CC(=O)CC(C)(C)[14N]1O. The summed E-state index contributed by atoms with van der Waals surface area (Å²) in [5, 5.41) is 11.1. The van der Waals surface area contributed by atoms with Crippen LogP contribution in [-0.4, -0.2) is 27.1 Å². The van der Waals surface area contributed by atoms with Gasteiger partial charge in [0.1, 0.15) is 5.78 Å². The molecule has 1 rings (SSSR count). The minimum absolute atomic E-state index is 0.232. The van der Waals surface area contributed by atoms with Crippen LogP contribution in [0.4, 0.5) is 0 Å². The van der Waals surface area contributed by atoms with Crippen molar-refractivity contribution in [3.8, 4) is 0 Å². The third kappa shape index (κ3) is 1.52. The lowest BCUT2D eigenvalue weighted by Crippen LogP contribution is -2.59. The van der Waals surface area contributed by atoms with Crippen molar-refractivity contribution < 1.29 is 10.0 Å². The molecule has 0 amide bonds. The molecule has 1 saturated heterocycles. The number of rotatable bonds is 0. The molecule has 0 spiro atoms. The second-order valence-electron chi connectivity index (χ2n) is 4.83. The fourth-order valence-electron chi connectivity index (χ4n) is 2.00. The first-order chi connectivity index (χ1) is 5.26. The lowest BCUT2D eigenvalue weighted by molar-refractivity contribution is -0.236. The largest absolute Gasteiger partial charge is 0.313 e. The van der Waals surface area contributed by atoms with Gasteiger partial charge in [0, 0.05) is 23.9 Å². The molecule has 0 saturated carbocycles. The summed E-state index contributed by atoms with van der Waals surface area (Å²) in [7, 11) is 0. The first kappa shape index (κ1) is 9.68. The van der Waals surface area contributed by atoms with E-state index in [1.54, 1.807) is 0 Å². The molecule has 0 aromatic carbocycles. The standard InChI is InChI=1S/C9H17NO2/c1-8(2)5-7(11)6-9(3,4)10(8)12/h12H,5-6H2,1-4H3/i10+0. The Morgan fingerprint density at radius 1 is 1.17 bits per heavy atom. The fourth-order valence-corrected chi connectivity index (χ4v) is 2.00. The predicted octanol–water partition coefficient (Wildman–Crippen LogP) is 1.60. The number of nitrogens with zero attached hydrogens (tertiary/aromatic N) is 1. The van der Waals surface area contributed by atoms with Gasteiger partial charge in [0.25, 0.3) is 0 Å². The van der Waals surface area contributed by atoms with E-state index in [9.17, 15) is 10.0 Å². The minimum Gasteiger partial charge on any atom is -0.313 e. The first-order valence-electron chi connectivity index (χ1n) is 4.27. The van der Waals surface area contributed by atoms with Crippen LogP contribution in [0.5, 0.6) is 0 Å². The maximum Gasteiger partial charge on any atom is 0.136 e. The topological polar surface area (TPSA) is 40.5 Å². The van der Waals surface area contributed by atoms with Gasteiger partial charge in [0.15, 0.2) is 0 Å². The van der Waals surface area contributed by atoms with E-state index in [4.69, 9.17) is 0 Å². The predicted molar refractivity (Wildman–Crippen MR) is 46.0 cm³/mol. The van der Waals surface area contributed by atoms with E-state index in [0.29, 0.717) is 12.8 Å². The number of hydrogen-bond acceptors (Lipinski definition) is 3. The zero-order valence-electron chi connectivity index (χ0n) is 8.22. The van der Waals surface area contributed by atoms with Gasteiger partial charge in [-0.1, -0.05) is 0 Å². The molecule has 1 N–H and O–H groups in total. The van der Waals surface area contributed by atoms with Crippen molar-refractivity contribution in [1.82, 2.24) is 5.06 Å². The second kappa shape index (κ2) is 2.54. The maximum absolute atomic E-state index is 11.3. The van der Waals surface area contributed by atoms with Gasteiger partial charge < -0.3 is 5.21 Å². The van der Waals surface area contributed by atoms with Gasteiger partial charge in [-0.15, -0.1) is 0 Å². The molecule has 3 nitrogen and oxygen atoms in total. The third-order valence-electron chi connectivity index (χ3n) is 2.41. The summed E-state index contributed by atoms with van der Waals surface area (Å²) in [5.74, 6) is 0.232. The summed E-state index contributed by atoms with van der Waals surface area (Å²) in [6.45, 7) is 7.52. The number of piperidine rings is 1. The molecule has 0 unspecified atom stereocenters. The molecule has 12 heavy (non-hydrogen) atoms. The van der Waals surface area contributed by atoms with Crippen molar-refractivity contribution in [2.75, 3.05) is 0 Å². The van der Waals surface area contributed by atoms with Gasteiger partial charge in [-0.05, 0) is 27.7 Å². The first-order valence-corrected chi connectivity index (χ1v) is 4.27. The molecular weight excluding hydrogens is 154 g/mol. The van der Waals surface area contributed by atoms with E-state index >= 15 is 0 Å². The van der Waals surface area contributed by atoms with Crippen molar-refractivity contribution in [1.29, 1.82) is 0 Å². The van der Waals surface area contributed by atoms with Crippen LogP contribution >= 0.6 is 0 Å². The Morgan fingerprint density at radius 2 is 1.50 bits per heavy atom. The summed E-state index contributed by atoms with van der Waals surface area (Å²) in [6, 6.07) is 0. The van der Waals surface area contributed by atoms with E-state index in [-0.39, 0.29) is 5.78 Å². The summed E-state index contributed by atoms with van der Waals surface area (Å²) in [6.07, 6.45) is 0.875. The fraction of sp³-hybridized carbons (Fsp3) is 0.889. The van der Waals surface area contributed by atoms with Crippen molar-refractivity contribution in [2.24, 2.45) is 0 Å². The number of carbonyl (C=O) groups excluding carboxylic acids is 1. The van der Waals surface area contributed by atoms with E-state index in [1.165, 1.54) is 5.06 Å².